The molecule has 44 heavy (non-hydrogen) atoms. The van der Waals surface area contributed by atoms with Gasteiger partial charge in [0.15, 0.2) is 0 Å². The summed E-state index contributed by atoms with van der Waals surface area (Å²) in [5, 5.41) is 49.0. The molecule has 0 saturated carbocycles. The molecular weight excluding hydrogens is 624 g/mol. The van der Waals surface area contributed by atoms with Gasteiger partial charge < -0.3 is 42.1 Å². The average Bonchev–Trinajstić information content (AvgIpc) is 3.53. The van der Waals surface area contributed by atoms with Crippen LogP contribution in [0.4, 0.5) is 11.6 Å². The van der Waals surface area contributed by atoms with Crippen LogP contribution in [-0.2, 0) is 28.8 Å². The lowest BCUT2D eigenvalue weighted by Crippen LogP contribution is -1.91. The summed E-state index contributed by atoms with van der Waals surface area (Å²) in [6, 6.07) is 15.9. The fourth-order valence-electron chi connectivity index (χ4n) is 2.24. The molecule has 2 heterocycles. The molecule has 0 unspecified atom stereocenters. The highest BCUT2D eigenvalue weighted by Gasteiger charge is 1.99. The molecule has 16 nitrogen and oxygen atoms in total. The van der Waals surface area contributed by atoms with Crippen molar-refractivity contribution in [1.82, 2.24) is 8.75 Å². The number of hydrogen-bond acceptors (Lipinski definition) is 12. The molecule has 0 amide bonds. The molecule has 0 bridgehead atoms. The Labute approximate surface area is 255 Å². The molecule has 0 aliphatic rings. The number of nitrogens with zero attached hydrogens (tertiary/aromatic N) is 2. The van der Waals surface area contributed by atoms with Crippen LogP contribution in [0, 0.1) is 0 Å². The van der Waals surface area contributed by atoms with E-state index in [1.807, 2.05) is 48.5 Å². The third kappa shape index (κ3) is 18.3. The Kier molecular flexibility index (Phi) is 17.8. The molecule has 0 spiro atoms. The van der Waals surface area contributed by atoms with Crippen LogP contribution in [0.1, 0.15) is 0 Å². The fraction of sp³-hybridized carbons (Fsp3) is 0. The molecule has 0 aliphatic carbocycles. The maximum atomic E-state index is 9.55. The first-order valence-corrected chi connectivity index (χ1v) is 12.8. The van der Waals surface area contributed by atoms with Crippen molar-refractivity contribution in [1.29, 1.82) is 0 Å². The maximum absolute atomic E-state index is 9.55. The van der Waals surface area contributed by atoms with Gasteiger partial charge in [0.05, 0.1) is 9.40 Å². The summed E-state index contributed by atoms with van der Waals surface area (Å²) in [6.45, 7) is 0. The van der Waals surface area contributed by atoms with Gasteiger partial charge in [0, 0.05) is 47.2 Å². The van der Waals surface area contributed by atoms with Gasteiger partial charge in [-0.2, -0.15) is 8.75 Å². The summed E-state index contributed by atoms with van der Waals surface area (Å²) < 4.78 is 10.3. The van der Waals surface area contributed by atoms with Gasteiger partial charge in [-0.05, 0) is 47.3 Å². The SMILES string of the molecule is Nc1nsc2ccccc12.Nc1nsc2ccccc12.O=C(O)/C=C\C(=O)O.O=C(O)/C=C\C(=O)O.O=C(O)/C=C\C(=O)O. The van der Waals surface area contributed by atoms with Crippen molar-refractivity contribution in [2.24, 2.45) is 0 Å². The van der Waals surface area contributed by atoms with Crippen molar-refractivity contribution in [3.63, 3.8) is 0 Å². The van der Waals surface area contributed by atoms with Crippen LogP contribution in [-0.4, -0.2) is 75.2 Å². The Hall–Kier alpha value is -6.14. The molecule has 0 aliphatic heterocycles. The second-order valence-corrected chi connectivity index (χ2v) is 8.77. The molecule has 4 aromatic rings. The maximum Gasteiger partial charge on any atom is 0.328 e. The minimum Gasteiger partial charge on any atom is -0.478 e. The van der Waals surface area contributed by atoms with Gasteiger partial charge in [-0.25, -0.2) is 28.8 Å². The van der Waals surface area contributed by atoms with E-state index in [0.717, 1.165) is 20.2 Å². The van der Waals surface area contributed by atoms with Crippen molar-refractivity contribution in [2.45, 2.75) is 0 Å². The predicted octanol–water partition coefficient (Wildman–Crippen LogP) is 2.89. The number of anilines is 2. The highest BCUT2D eigenvalue weighted by atomic mass is 32.1. The van der Waals surface area contributed by atoms with E-state index < -0.39 is 35.8 Å². The van der Waals surface area contributed by atoms with Crippen LogP contribution in [0.2, 0.25) is 0 Å². The van der Waals surface area contributed by atoms with Crippen LogP contribution < -0.4 is 11.5 Å². The second kappa shape index (κ2) is 20.7. The highest BCUT2D eigenvalue weighted by Crippen LogP contribution is 2.23. The summed E-state index contributed by atoms with van der Waals surface area (Å²) in [6.07, 6.45) is 3.35. The van der Waals surface area contributed by atoms with E-state index in [0.29, 0.717) is 48.1 Å². The van der Waals surface area contributed by atoms with E-state index in [1.165, 1.54) is 23.1 Å². The molecule has 0 radical (unpaired) electrons. The van der Waals surface area contributed by atoms with Crippen LogP contribution in [0.3, 0.4) is 0 Å². The van der Waals surface area contributed by atoms with Gasteiger partial charge >= 0.3 is 35.8 Å². The van der Waals surface area contributed by atoms with Crippen LogP contribution in [0.5, 0.6) is 0 Å². The summed E-state index contributed by atoms with van der Waals surface area (Å²) in [4.78, 5) is 57.3. The Bertz CT molecular complexity index is 1470. The zero-order valence-electron chi connectivity index (χ0n) is 22.1. The third-order valence-electron chi connectivity index (χ3n) is 3.92. The molecule has 2 aromatic heterocycles. The predicted molar refractivity (Wildman–Crippen MR) is 161 cm³/mol. The topological polar surface area (TPSA) is 302 Å². The van der Waals surface area contributed by atoms with Gasteiger partial charge in [-0.1, -0.05) is 24.3 Å². The normalized spacial score (nSPS) is 9.91. The fourth-order valence-corrected chi connectivity index (χ4v) is 3.65. The minimum absolute atomic E-state index is 0.558. The zero-order chi connectivity index (χ0) is 33.7. The molecule has 232 valence electrons. The molecule has 0 fully saturated rings. The lowest BCUT2D eigenvalue weighted by molar-refractivity contribution is -0.134. The Balaban J connectivity index is 0.000000529. The number of benzene rings is 2. The van der Waals surface area contributed by atoms with Crippen LogP contribution in [0.25, 0.3) is 20.2 Å². The van der Waals surface area contributed by atoms with Crippen molar-refractivity contribution in [2.75, 3.05) is 11.5 Å². The van der Waals surface area contributed by atoms with E-state index in [-0.39, 0.29) is 0 Å². The molecule has 10 N–H and O–H groups in total. The van der Waals surface area contributed by atoms with Crippen molar-refractivity contribution in [3.8, 4) is 0 Å². The number of carbonyl (C=O) groups is 6. The number of nitrogens with two attached hydrogens (primary N) is 2. The number of rotatable bonds is 6. The molecule has 0 atom stereocenters. The molecule has 18 heteroatoms. The van der Waals surface area contributed by atoms with Crippen molar-refractivity contribution >= 4 is 90.7 Å². The minimum atomic E-state index is -1.26. The van der Waals surface area contributed by atoms with Gasteiger partial charge in [0.25, 0.3) is 0 Å². The molecule has 0 saturated heterocycles. The number of hydrogen-bond donors (Lipinski definition) is 8. The first-order chi connectivity index (χ1) is 20.6. The molecular formula is C26H24N4O12S2. The second-order valence-electron chi connectivity index (χ2n) is 7.16. The standard InChI is InChI=1S/2C7H6N2S.3C4H4O4/c2*8-7-5-3-1-2-4-6(5)10-9-7;3*5-3(6)1-2-4(7)8/h2*1-4H,(H2,8,9);3*1-2H,(H,5,6)(H,7,8)/b;;3*2-1-. The monoisotopic (exact) mass is 648 g/mol. The quantitative estimate of drug-likeness (QED) is 0.139. The van der Waals surface area contributed by atoms with Crippen molar-refractivity contribution in [3.05, 3.63) is 85.0 Å². The number of carboxylic acids is 6. The Morgan fingerprint density at radius 3 is 0.909 bits per heavy atom. The summed E-state index contributed by atoms with van der Waals surface area (Å²) >= 11 is 2.88. The first-order valence-electron chi connectivity index (χ1n) is 11.3. The number of fused-ring (bicyclic) bond motifs is 2. The lowest BCUT2D eigenvalue weighted by Gasteiger charge is -1.84. The largest absolute Gasteiger partial charge is 0.478 e. The van der Waals surface area contributed by atoms with E-state index in [9.17, 15) is 28.8 Å². The van der Waals surface area contributed by atoms with Gasteiger partial charge in [0.1, 0.15) is 11.6 Å². The van der Waals surface area contributed by atoms with E-state index in [2.05, 4.69) is 8.75 Å². The van der Waals surface area contributed by atoms with Crippen LogP contribution >= 0.6 is 23.1 Å². The van der Waals surface area contributed by atoms with Gasteiger partial charge in [-0.3, -0.25) is 0 Å². The Morgan fingerprint density at radius 1 is 0.477 bits per heavy atom. The van der Waals surface area contributed by atoms with Gasteiger partial charge in [0.2, 0.25) is 0 Å². The highest BCUT2D eigenvalue weighted by molar-refractivity contribution is 7.14. The average molecular weight is 649 g/mol. The van der Waals surface area contributed by atoms with Crippen molar-refractivity contribution < 1.29 is 59.4 Å². The van der Waals surface area contributed by atoms with Gasteiger partial charge in [-0.15, -0.1) is 0 Å². The smallest absolute Gasteiger partial charge is 0.328 e. The Morgan fingerprint density at radius 2 is 0.705 bits per heavy atom. The van der Waals surface area contributed by atoms with Crippen LogP contribution in [0.15, 0.2) is 85.0 Å². The van der Waals surface area contributed by atoms with E-state index in [1.54, 1.807) is 0 Å². The van der Waals surface area contributed by atoms with E-state index in [4.69, 9.17) is 42.1 Å². The third-order valence-corrected chi connectivity index (χ3v) is 5.60. The molecule has 2 aromatic carbocycles. The lowest BCUT2D eigenvalue weighted by atomic mass is 10.3. The number of aromatic nitrogens is 2. The van der Waals surface area contributed by atoms with E-state index >= 15 is 0 Å². The number of carboxylic acid groups (broad SMARTS) is 6. The first kappa shape index (κ1) is 37.9. The summed E-state index contributed by atoms with van der Waals surface area (Å²) in [5.74, 6) is -6.26. The summed E-state index contributed by atoms with van der Waals surface area (Å²) in [7, 11) is 0. The summed E-state index contributed by atoms with van der Waals surface area (Å²) in [5.41, 5.74) is 11.2. The molecule has 4 rings (SSSR count). The zero-order valence-corrected chi connectivity index (χ0v) is 23.7. The number of nitrogen functional groups attached to an aromatic ring is 2. The number of aliphatic carboxylic acids is 6.